The number of amidine groups is 1. The van der Waals surface area contributed by atoms with E-state index in [1.807, 2.05) is 36.4 Å². The Bertz CT molecular complexity index is 541. The number of hydrogen-bond acceptors (Lipinski definition) is 3. The first-order valence-electron chi connectivity index (χ1n) is 4.41. The highest BCUT2D eigenvalue weighted by Crippen LogP contribution is 2.34. The van der Waals surface area contributed by atoms with E-state index >= 15 is 0 Å². The van der Waals surface area contributed by atoms with Crippen LogP contribution in [0.2, 0.25) is 0 Å². The molecule has 3 heteroatoms. The van der Waals surface area contributed by atoms with E-state index in [2.05, 4.69) is 10.5 Å². The smallest absolute Gasteiger partial charge is 0.158 e. The molecule has 2 aromatic rings. The van der Waals surface area contributed by atoms with E-state index in [0.29, 0.717) is 5.84 Å². The van der Waals surface area contributed by atoms with Crippen molar-refractivity contribution >= 4 is 22.3 Å². The van der Waals surface area contributed by atoms with Crippen LogP contribution < -0.4 is 5.48 Å². The van der Waals surface area contributed by atoms with Gasteiger partial charge in [-0.25, -0.2) is 4.99 Å². The Morgan fingerprint density at radius 1 is 1.07 bits per heavy atom. The normalized spacial score (nSPS) is 13.1. The fourth-order valence-corrected chi connectivity index (χ4v) is 1.88. The average Bonchev–Trinajstić information content (AvgIpc) is 2.60. The molecule has 1 aliphatic rings. The van der Waals surface area contributed by atoms with Gasteiger partial charge in [0.2, 0.25) is 0 Å². The zero-order valence-electron chi connectivity index (χ0n) is 7.36. The molecule has 68 valence electrons. The molecule has 1 aliphatic heterocycles. The Morgan fingerprint density at radius 2 is 1.86 bits per heavy atom. The van der Waals surface area contributed by atoms with Crippen molar-refractivity contribution in [2.24, 2.45) is 4.99 Å². The highest BCUT2D eigenvalue weighted by atomic mass is 16.5. The molecule has 3 nitrogen and oxygen atoms in total. The van der Waals surface area contributed by atoms with Crippen molar-refractivity contribution in [1.29, 1.82) is 0 Å². The molecule has 0 bridgehead atoms. The first-order valence-corrected chi connectivity index (χ1v) is 4.41. The third-order valence-corrected chi connectivity index (χ3v) is 2.48. The van der Waals surface area contributed by atoms with E-state index in [-0.39, 0.29) is 0 Å². The monoisotopic (exact) mass is 184 g/mol. The van der Waals surface area contributed by atoms with Gasteiger partial charge in [-0.15, -0.1) is 0 Å². The Kier molecular flexibility index (Phi) is 1.38. The van der Waals surface area contributed by atoms with Gasteiger partial charge in [-0.2, -0.15) is 0 Å². The molecule has 0 radical (unpaired) electrons. The minimum Gasteiger partial charge on any atom is -0.290 e. The summed E-state index contributed by atoms with van der Waals surface area (Å²) in [5.74, 6) is 0.525. The maximum atomic E-state index is 8.91. The van der Waals surface area contributed by atoms with E-state index < -0.39 is 0 Å². The number of nitrogens with zero attached hydrogens (tertiary/aromatic N) is 1. The van der Waals surface area contributed by atoms with Crippen LogP contribution in [-0.2, 0) is 0 Å². The zero-order valence-corrected chi connectivity index (χ0v) is 7.36. The van der Waals surface area contributed by atoms with Gasteiger partial charge in [0.1, 0.15) is 0 Å². The van der Waals surface area contributed by atoms with Crippen LogP contribution in [0.3, 0.4) is 0 Å². The quantitative estimate of drug-likeness (QED) is 0.616. The lowest BCUT2D eigenvalue weighted by Gasteiger charge is -2.00. The summed E-state index contributed by atoms with van der Waals surface area (Å²) < 4.78 is 0. The average molecular weight is 184 g/mol. The molecule has 0 saturated heterocycles. The number of nitrogens with one attached hydrogen (secondary N) is 1. The van der Waals surface area contributed by atoms with E-state index in [9.17, 15) is 0 Å². The zero-order chi connectivity index (χ0) is 9.54. The van der Waals surface area contributed by atoms with Crippen molar-refractivity contribution in [1.82, 2.24) is 5.48 Å². The summed E-state index contributed by atoms with van der Waals surface area (Å²) in [6.07, 6.45) is 0. The second-order valence-electron chi connectivity index (χ2n) is 3.25. The maximum absolute atomic E-state index is 8.91. The minimum atomic E-state index is 0.525. The highest BCUT2D eigenvalue weighted by molar-refractivity contribution is 6.18. The fraction of sp³-hybridized carbons (Fsp3) is 0. The second-order valence-corrected chi connectivity index (χ2v) is 3.25. The van der Waals surface area contributed by atoms with Gasteiger partial charge in [0, 0.05) is 10.9 Å². The van der Waals surface area contributed by atoms with Crippen LogP contribution in [0.4, 0.5) is 5.69 Å². The molecule has 0 saturated carbocycles. The Hall–Kier alpha value is -1.87. The summed E-state index contributed by atoms with van der Waals surface area (Å²) >= 11 is 0. The second kappa shape index (κ2) is 2.56. The van der Waals surface area contributed by atoms with Crippen LogP contribution in [0.15, 0.2) is 41.4 Å². The third-order valence-electron chi connectivity index (χ3n) is 2.48. The van der Waals surface area contributed by atoms with Crippen molar-refractivity contribution in [3.8, 4) is 0 Å². The van der Waals surface area contributed by atoms with Gasteiger partial charge in [0.15, 0.2) is 5.84 Å². The summed E-state index contributed by atoms with van der Waals surface area (Å²) in [6.45, 7) is 0. The van der Waals surface area contributed by atoms with Crippen LogP contribution >= 0.6 is 0 Å². The lowest BCUT2D eigenvalue weighted by molar-refractivity contribution is 0.235. The van der Waals surface area contributed by atoms with Crippen LogP contribution in [-0.4, -0.2) is 11.0 Å². The molecule has 3 rings (SSSR count). The molecule has 0 unspecified atom stereocenters. The SMILES string of the molecule is ONC1=Nc2cccc3cccc1c23. The molecular weight excluding hydrogens is 176 g/mol. The van der Waals surface area contributed by atoms with Crippen molar-refractivity contribution in [2.45, 2.75) is 0 Å². The number of aliphatic imine (C=N–C) groups is 1. The molecule has 0 aromatic heterocycles. The predicted octanol–water partition coefficient (Wildman–Crippen LogP) is 2.21. The predicted molar refractivity (Wildman–Crippen MR) is 55.1 cm³/mol. The van der Waals surface area contributed by atoms with Gasteiger partial charge in [-0.3, -0.25) is 10.7 Å². The van der Waals surface area contributed by atoms with Gasteiger partial charge < -0.3 is 0 Å². The van der Waals surface area contributed by atoms with Crippen molar-refractivity contribution in [3.05, 3.63) is 42.0 Å². The number of hydrogen-bond donors (Lipinski definition) is 2. The van der Waals surface area contributed by atoms with Crippen LogP contribution in [0, 0.1) is 0 Å². The lowest BCUT2D eigenvalue weighted by atomic mass is 10.0. The van der Waals surface area contributed by atoms with Crippen LogP contribution in [0.25, 0.3) is 10.8 Å². The standard InChI is InChI=1S/C11H8N2O/c14-13-11-8-5-1-3-7-4-2-6-9(12-11)10(7)8/h1-6,14H,(H,12,13). The molecule has 2 aromatic carbocycles. The molecule has 2 N–H and O–H groups in total. The molecule has 0 spiro atoms. The number of hydroxylamine groups is 1. The van der Waals surface area contributed by atoms with Gasteiger partial charge >= 0.3 is 0 Å². The van der Waals surface area contributed by atoms with E-state index in [1.54, 1.807) is 0 Å². The maximum Gasteiger partial charge on any atom is 0.158 e. The van der Waals surface area contributed by atoms with E-state index in [0.717, 1.165) is 22.0 Å². The molecule has 14 heavy (non-hydrogen) atoms. The van der Waals surface area contributed by atoms with Gasteiger partial charge in [-0.05, 0) is 11.5 Å². The molecule has 0 aliphatic carbocycles. The topological polar surface area (TPSA) is 44.6 Å². The Labute approximate surface area is 80.7 Å². The van der Waals surface area contributed by atoms with Crippen molar-refractivity contribution in [3.63, 3.8) is 0 Å². The summed E-state index contributed by atoms with van der Waals surface area (Å²) in [6, 6.07) is 11.9. The van der Waals surface area contributed by atoms with Crippen LogP contribution in [0.1, 0.15) is 5.56 Å². The van der Waals surface area contributed by atoms with Gasteiger partial charge in [0.05, 0.1) is 5.69 Å². The Morgan fingerprint density at radius 3 is 2.64 bits per heavy atom. The first-order chi connectivity index (χ1) is 6.90. The summed E-state index contributed by atoms with van der Waals surface area (Å²) in [7, 11) is 0. The molecule has 0 atom stereocenters. The molecule has 0 amide bonds. The van der Waals surface area contributed by atoms with Crippen molar-refractivity contribution in [2.75, 3.05) is 0 Å². The van der Waals surface area contributed by atoms with Crippen LogP contribution in [0.5, 0.6) is 0 Å². The largest absolute Gasteiger partial charge is 0.290 e. The third kappa shape index (κ3) is 0.818. The molecule has 0 fully saturated rings. The Balaban J connectivity index is 2.46. The van der Waals surface area contributed by atoms with E-state index in [1.165, 1.54) is 0 Å². The lowest BCUT2D eigenvalue weighted by Crippen LogP contribution is -2.17. The minimum absolute atomic E-state index is 0.525. The number of benzene rings is 2. The van der Waals surface area contributed by atoms with Crippen molar-refractivity contribution < 1.29 is 5.21 Å². The first kappa shape index (κ1) is 7.53. The van der Waals surface area contributed by atoms with Gasteiger partial charge in [0.25, 0.3) is 0 Å². The summed E-state index contributed by atoms with van der Waals surface area (Å²) in [4.78, 5) is 4.27. The number of rotatable bonds is 0. The summed E-state index contributed by atoms with van der Waals surface area (Å²) in [5.41, 5.74) is 3.99. The van der Waals surface area contributed by atoms with E-state index in [4.69, 9.17) is 5.21 Å². The van der Waals surface area contributed by atoms with Gasteiger partial charge in [-0.1, -0.05) is 30.3 Å². The fourth-order valence-electron chi connectivity index (χ4n) is 1.88. The highest BCUT2D eigenvalue weighted by Gasteiger charge is 2.16. The molecule has 1 heterocycles. The molecular formula is C11H8N2O. The summed E-state index contributed by atoms with van der Waals surface area (Å²) in [5, 5.41) is 11.2.